The summed E-state index contributed by atoms with van der Waals surface area (Å²) >= 11 is 0. The Hall–Kier alpha value is -0.0800. The van der Waals surface area contributed by atoms with Crippen molar-refractivity contribution < 1.29 is 0 Å². The van der Waals surface area contributed by atoms with Crippen LogP contribution in [-0.4, -0.2) is 48.1 Å². The van der Waals surface area contributed by atoms with E-state index < -0.39 is 0 Å². The van der Waals surface area contributed by atoms with Crippen LogP contribution in [0, 0.1) is 0 Å². The van der Waals surface area contributed by atoms with Crippen LogP contribution in [0.2, 0.25) is 0 Å². The maximum Gasteiger partial charge on any atom is 0.0251 e. The molecule has 0 aromatic rings. The molecule has 3 saturated heterocycles. The molecule has 0 amide bonds. The third kappa shape index (κ3) is 1.94. The quantitative estimate of drug-likeness (QED) is 0.601. The van der Waals surface area contributed by atoms with Crippen LogP contribution in [0.4, 0.5) is 0 Å². The van der Waals surface area contributed by atoms with Crippen LogP contribution in [-0.2, 0) is 0 Å². The van der Waals surface area contributed by atoms with Gasteiger partial charge in [-0.3, -0.25) is 9.80 Å². The summed E-state index contributed by atoms with van der Waals surface area (Å²) < 4.78 is 0. The fraction of sp³-hybridized carbons (Fsp3) is 1.00. The molecular formula is C13H24N2. The third-order valence-electron chi connectivity index (χ3n) is 4.66. The van der Waals surface area contributed by atoms with Gasteiger partial charge in [-0.1, -0.05) is 12.8 Å². The molecule has 0 saturated carbocycles. The molecule has 3 rings (SSSR count). The van der Waals surface area contributed by atoms with E-state index in [0.717, 1.165) is 12.1 Å². The maximum absolute atomic E-state index is 2.81. The molecule has 0 aromatic carbocycles. The molecule has 0 radical (unpaired) electrons. The molecule has 0 spiro atoms. The Balaban J connectivity index is 1.77. The standard InChI is InChI=1S/C13H24N2/c1-3-8-14-10-5-11-15-9-4-2-7-13(15)12(14)6-1/h12-13H,1-11H2. The monoisotopic (exact) mass is 208 g/mol. The number of rotatable bonds is 0. The van der Waals surface area contributed by atoms with Gasteiger partial charge in [-0.2, -0.15) is 0 Å². The van der Waals surface area contributed by atoms with Gasteiger partial charge in [0.25, 0.3) is 0 Å². The second-order valence-electron chi connectivity index (χ2n) is 5.55. The first-order chi connectivity index (χ1) is 7.45. The van der Waals surface area contributed by atoms with Gasteiger partial charge in [0, 0.05) is 12.1 Å². The third-order valence-corrected chi connectivity index (χ3v) is 4.66. The van der Waals surface area contributed by atoms with E-state index in [0.29, 0.717) is 0 Å². The van der Waals surface area contributed by atoms with E-state index in [2.05, 4.69) is 9.80 Å². The molecular weight excluding hydrogens is 184 g/mol. The molecule has 0 aromatic heterocycles. The van der Waals surface area contributed by atoms with Gasteiger partial charge in [-0.15, -0.1) is 0 Å². The smallest absolute Gasteiger partial charge is 0.0251 e. The number of fused-ring (bicyclic) bond motifs is 3. The molecule has 3 aliphatic heterocycles. The van der Waals surface area contributed by atoms with E-state index in [9.17, 15) is 0 Å². The topological polar surface area (TPSA) is 6.48 Å². The first-order valence-corrected chi connectivity index (χ1v) is 6.93. The summed E-state index contributed by atoms with van der Waals surface area (Å²) in [6.45, 7) is 5.51. The van der Waals surface area contributed by atoms with Crippen LogP contribution in [0.15, 0.2) is 0 Å². The van der Waals surface area contributed by atoms with E-state index in [1.54, 1.807) is 0 Å². The SMILES string of the molecule is C1CCN2CCCN3CCCCC3C2C1. The first-order valence-electron chi connectivity index (χ1n) is 6.93. The Morgan fingerprint density at radius 3 is 1.53 bits per heavy atom. The second-order valence-corrected chi connectivity index (χ2v) is 5.55. The molecule has 0 aliphatic carbocycles. The lowest BCUT2D eigenvalue weighted by molar-refractivity contribution is 0.0607. The summed E-state index contributed by atoms with van der Waals surface area (Å²) in [7, 11) is 0. The number of piperidine rings is 2. The predicted octanol–water partition coefficient (Wildman–Crippen LogP) is 2.10. The molecule has 2 unspecified atom stereocenters. The van der Waals surface area contributed by atoms with Crippen molar-refractivity contribution in [3.05, 3.63) is 0 Å². The highest BCUT2D eigenvalue weighted by Gasteiger charge is 2.36. The molecule has 86 valence electrons. The summed E-state index contributed by atoms with van der Waals surface area (Å²) in [5, 5.41) is 0. The van der Waals surface area contributed by atoms with Crippen LogP contribution in [0.3, 0.4) is 0 Å². The normalized spacial score (nSPS) is 39.2. The van der Waals surface area contributed by atoms with E-state index >= 15 is 0 Å². The zero-order chi connectivity index (χ0) is 10.1. The second kappa shape index (κ2) is 4.42. The van der Waals surface area contributed by atoms with Crippen LogP contribution in [0.5, 0.6) is 0 Å². The molecule has 3 heterocycles. The van der Waals surface area contributed by atoms with Crippen molar-refractivity contribution in [3.63, 3.8) is 0 Å². The Morgan fingerprint density at radius 2 is 1.00 bits per heavy atom. The number of nitrogens with zero attached hydrogens (tertiary/aromatic N) is 2. The van der Waals surface area contributed by atoms with E-state index in [1.807, 2.05) is 0 Å². The highest BCUT2D eigenvalue weighted by molar-refractivity contribution is 4.93. The van der Waals surface area contributed by atoms with Crippen molar-refractivity contribution in [2.24, 2.45) is 0 Å². The van der Waals surface area contributed by atoms with E-state index in [-0.39, 0.29) is 0 Å². The molecule has 0 N–H and O–H groups in total. The van der Waals surface area contributed by atoms with Crippen LogP contribution in [0.1, 0.15) is 44.9 Å². The van der Waals surface area contributed by atoms with Crippen molar-refractivity contribution in [1.82, 2.24) is 9.80 Å². The van der Waals surface area contributed by atoms with Crippen molar-refractivity contribution in [1.29, 1.82) is 0 Å². The minimum absolute atomic E-state index is 0.918. The Morgan fingerprint density at radius 1 is 0.533 bits per heavy atom. The minimum atomic E-state index is 0.918. The van der Waals surface area contributed by atoms with Gasteiger partial charge in [0.1, 0.15) is 0 Å². The lowest BCUT2D eigenvalue weighted by Gasteiger charge is -2.44. The van der Waals surface area contributed by atoms with Crippen LogP contribution in [0.25, 0.3) is 0 Å². The minimum Gasteiger partial charge on any atom is -0.299 e. The van der Waals surface area contributed by atoms with Crippen molar-refractivity contribution in [2.75, 3.05) is 26.2 Å². The van der Waals surface area contributed by atoms with Crippen molar-refractivity contribution in [3.8, 4) is 0 Å². The summed E-state index contributed by atoms with van der Waals surface area (Å²) in [6, 6.07) is 1.84. The molecule has 0 bridgehead atoms. The molecule has 2 atom stereocenters. The van der Waals surface area contributed by atoms with E-state index in [4.69, 9.17) is 0 Å². The fourth-order valence-corrected chi connectivity index (χ4v) is 3.94. The Labute approximate surface area is 93.6 Å². The lowest BCUT2D eigenvalue weighted by atomic mass is 9.89. The lowest BCUT2D eigenvalue weighted by Crippen LogP contribution is -2.52. The zero-order valence-corrected chi connectivity index (χ0v) is 9.83. The predicted molar refractivity (Wildman–Crippen MR) is 63.0 cm³/mol. The summed E-state index contributed by atoms with van der Waals surface area (Å²) in [4.78, 5) is 5.61. The van der Waals surface area contributed by atoms with Gasteiger partial charge in [0.05, 0.1) is 0 Å². The van der Waals surface area contributed by atoms with Gasteiger partial charge in [0.15, 0.2) is 0 Å². The molecule has 3 fully saturated rings. The molecule has 2 heteroatoms. The number of hydrogen-bond donors (Lipinski definition) is 0. The Bertz CT molecular complexity index is 195. The first kappa shape index (κ1) is 10.1. The summed E-state index contributed by atoms with van der Waals surface area (Å²) in [6.07, 6.45) is 10.2. The van der Waals surface area contributed by atoms with Gasteiger partial charge in [0.2, 0.25) is 0 Å². The molecule has 15 heavy (non-hydrogen) atoms. The highest BCUT2D eigenvalue weighted by Crippen LogP contribution is 2.30. The zero-order valence-electron chi connectivity index (χ0n) is 9.83. The van der Waals surface area contributed by atoms with Crippen molar-refractivity contribution >= 4 is 0 Å². The van der Waals surface area contributed by atoms with Gasteiger partial charge < -0.3 is 0 Å². The number of hydrogen-bond acceptors (Lipinski definition) is 2. The molecule has 3 aliphatic rings. The fourth-order valence-electron chi connectivity index (χ4n) is 3.94. The van der Waals surface area contributed by atoms with Gasteiger partial charge in [-0.25, -0.2) is 0 Å². The maximum atomic E-state index is 2.81. The highest BCUT2D eigenvalue weighted by atomic mass is 15.3. The average Bonchev–Trinajstić information content (AvgIpc) is 2.48. The van der Waals surface area contributed by atoms with Gasteiger partial charge >= 0.3 is 0 Å². The summed E-state index contributed by atoms with van der Waals surface area (Å²) in [5.41, 5.74) is 0. The van der Waals surface area contributed by atoms with Crippen molar-refractivity contribution in [2.45, 2.75) is 57.0 Å². The average molecular weight is 208 g/mol. The Kier molecular flexibility index (Phi) is 2.98. The van der Waals surface area contributed by atoms with Gasteiger partial charge in [-0.05, 0) is 58.3 Å². The van der Waals surface area contributed by atoms with E-state index in [1.165, 1.54) is 71.1 Å². The largest absolute Gasteiger partial charge is 0.299 e. The molecule has 2 nitrogen and oxygen atoms in total. The summed E-state index contributed by atoms with van der Waals surface area (Å²) in [5.74, 6) is 0. The van der Waals surface area contributed by atoms with Crippen LogP contribution >= 0.6 is 0 Å². The van der Waals surface area contributed by atoms with Crippen LogP contribution < -0.4 is 0 Å².